The highest BCUT2D eigenvalue weighted by Gasteiger charge is 2.41. The van der Waals surface area contributed by atoms with E-state index < -0.39 is 0 Å². The van der Waals surface area contributed by atoms with Crippen LogP contribution in [0.25, 0.3) is 0 Å². The third-order valence-electron chi connectivity index (χ3n) is 3.95. The van der Waals surface area contributed by atoms with E-state index >= 15 is 0 Å². The van der Waals surface area contributed by atoms with Crippen molar-refractivity contribution in [2.45, 2.75) is 45.4 Å². The van der Waals surface area contributed by atoms with Gasteiger partial charge in [-0.25, -0.2) is 0 Å². The fourth-order valence-corrected chi connectivity index (χ4v) is 3.13. The number of hydrogen-bond donors (Lipinski definition) is 1. The zero-order valence-electron chi connectivity index (χ0n) is 10.7. The number of hydrogen-bond acceptors (Lipinski definition) is 3. The number of piperidine rings is 1. The number of carbonyl (C=O) groups is 1. The first-order valence-corrected chi connectivity index (χ1v) is 6.27. The van der Waals surface area contributed by atoms with Crippen LogP contribution >= 0.6 is 0 Å². The Balaban J connectivity index is 2.09. The van der Waals surface area contributed by atoms with Gasteiger partial charge in [-0.05, 0) is 39.8 Å². The van der Waals surface area contributed by atoms with Crippen molar-refractivity contribution in [1.82, 2.24) is 15.1 Å². The summed E-state index contributed by atoms with van der Waals surface area (Å²) in [7, 11) is 2.16. The fraction of sp³-hybridized carbons (Fsp3) is 0.917. The average molecular weight is 225 g/mol. The second kappa shape index (κ2) is 4.34. The molecule has 0 bridgehead atoms. The lowest BCUT2D eigenvalue weighted by Gasteiger charge is -2.41. The van der Waals surface area contributed by atoms with E-state index in [1.165, 1.54) is 0 Å². The van der Waals surface area contributed by atoms with Gasteiger partial charge in [0.05, 0.1) is 12.2 Å². The van der Waals surface area contributed by atoms with Crippen LogP contribution in [0.5, 0.6) is 0 Å². The highest BCUT2D eigenvalue weighted by Crippen LogP contribution is 2.25. The van der Waals surface area contributed by atoms with Gasteiger partial charge >= 0.3 is 0 Å². The zero-order valence-corrected chi connectivity index (χ0v) is 10.7. The van der Waals surface area contributed by atoms with Crippen LogP contribution in [-0.4, -0.2) is 54.1 Å². The molecule has 0 aromatic heterocycles. The molecule has 4 unspecified atom stereocenters. The first-order chi connectivity index (χ1) is 7.50. The minimum Gasteiger partial charge on any atom is -0.323 e. The van der Waals surface area contributed by atoms with E-state index in [-0.39, 0.29) is 18.1 Å². The number of nitrogens with one attached hydrogen (secondary N) is 1. The molecule has 0 aliphatic carbocycles. The molecule has 1 N–H and O–H groups in total. The summed E-state index contributed by atoms with van der Waals surface area (Å²) < 4.78 is 0. The van der Waals surface area contributed by atoms with Gasteiger partial charge in [0.2, 0.25) is 5.91 Å². The van der Waals surface area contributed by atoms with Crippen LogP contribution in [0.15, 0.2) is 0 Å². The molecule has 2 rings (SSSR count). The lowest BCUT2D eigenvalue weighted by atomic mass is 9.92. The molecule has 4 heteroatoms. The molecule has 2 aliphatic heterocycles. The maximum atomic E-state index is 12.1. The average Bonchev–Trinajstić information content (AvgIpc) is 2.43. The summed E-state index contributed by atoms with van der Waals surface area (Å²) in [6.07, 6.45) is 1.29. The second-order valence-corrected chi connectivity index (χ2v) is 5.41. The van der Waals surface area contributed by atoms with Crippen molar-refractivity contribution in [3.05, 3.63) is 0 Å². The molecule has 1 amide bonds. The number of carbonyl (C=O) groups excluding carboxylic acids is 1. The Labute approximate surface area is 98.0 Å². The summed E-state index contributed by atoms with van der Waals surface area (Å²) >= 11 is 0. The van der Waals surface area contributed by atoms with Gasteiger partial charge in [0.1, 0.15) is 0 Å². The summed E-state index contributed by atoms with van der Waals surface area (Å²) in [6.45, 7) is 8.49. The normalized spacial score (nSPS) is 41.8. The van der Waals surface area contributed by atoms with Crippen LogP contribution in [0, 0.1) is 5.92 Å². The highest BCUT2D eigenvalue weighted by molar-refractivity contribution is 5.84. The molecular weight excluding hydrogens is 202 g/mol. The van der Waals surface area contributed by atoms with E-state index in [0.29, 0.717) is 12.0 Å². The summed E-state index contributed by atoms with van der Waals surface area (Å²) in [5, 5.41) is 3.31. The quantitative estimate of drug-likeness (QED) is 0.705. The first-order valence-electron chi connectivity index (χ1n) is 6.27. The van der Waals surface area contributed by atoms with Crippen LogP contribution in [0.3, 0.4) is 0 Å². The van der Waals surface area contributed by atoms with E-state index in [0.717, 1.165) is 19.5 Å². The molecule has 2 aliphatic rings. The summed E-state index contributed by atoms with van der Waals surface area (Å²) in [5.74, 6) is 0.839. The van der Waals surface area contributed by atoms with Gasteiger partial charge in [0.25, 0.3) is 0 Å². The van der Waals surface area contributed by atoms with Gasteiger partial charge in [-0.3, -0.25) is 10.1 Å². The van der Waals surface area contributed by atoms with E-state index in [4.69, 9.17) is 0 Å². The van der Waals surface area contributed by atoms with Crippen LogP contribution in [0.2, 0.25) is 0 Å². The van der Waals surface area contributed by atoms with Crippen molar-refractivity contribution in [2.24, 2.45) is 5.92 Å². The Hall–Kier alpha value is -0.610. The minimum atomic E-state index is -0.0122. The Bertz CT molecular complexity index is 281. The third-order valence-corrected chi connectivity index (χ3v) is 3.95. The number of likely N-dealkylation sites (tertiary alicyclic amines) is 1. The molecule has 4 nitrogen and oxygen atoms in total. The molecule has 16 heavy (non-hydrogen) atoms. The molecule has 0 saturated carbocycles. The largest absolute Gasteiger partial charge is 0.323 e. The van der Waals surface area contributed by atoms with Gasteiger partial charge < -0.3 is 9.80 Å². The molecule has 4 atom stereocenters. The molecule has 0 aromatic carbocycles. The molecule has 2 saturated heterocycles. The first kappa shape index (κ1) is 11.9. The number of rotatable bonds is 1. The molecule has 0 radical (unpaired) electrons. The highest BCUT2D eigenvalue weighted by atomic mass is 16.2. The lowest BCUT2D eigenvalue weighted by molar-refractivity contribution is -0.134. The summed E-state index contributed by atoms with van der Waals surface area (Å²) in [4.78, 5) is 16.5. The summed E-state index contributed by atoms with van der Waals surface area (Å²) in [6, 6.07) is 0.401. The zero-order chi connectivity index (χ0) is 11.9. The Kier molecular flexibility index (Phi) is 3.22. The van der Waals surface area contributed by atoms with E-state index in [2.05, 4.69) is 36.0 Å². The van der Waals surface area contributed by atoms with Crippen LogP contribution in [-0.2, 0) is 4.79 Å². The van der Waals surface area contributed by atoms with Gasteiger partial charge in [-0.15, -0.1) is 0 Å². The fourth-order valence-electron chi connectivity index (χ4n) is 3.13. The van der Waals surface area contributed by atoms with E-state index in [1.807, 2.05) is 6.92 Å². The molecule has 0 aromatic rings. The minimum absolute atomic E-state index is 0.0122. The third kappa shape index (κ3) is 1.96. The van der Waals surface area contributed by atoms with Crippen molar-refractivity contribution < 1.29 is 4.79 Å². The molecule has 2 fully saturated rings. The Morgan fingerprint density at radius 1 is 1.31 bits per heavy atom. The topological polar surface area (TPSA) is 35.6 Å². The van der Waals surface area contributed by atoms with E-state index in [1.54, 1.807) is 0 Å². The molecule has 92 valence electrons. The van der Waals surface area contributed by atoms with Crippen LogP contribution in [0.4, 0.5) is 0 Å². The monoisotopic (exact) mass is 225 g/mol. The van der Waals surface area contributed by atoms with Crippen molar-refractivity contribution in [1.29, 1.82) is 0 Å². The SMILES string of the molecule is CC1NC(C)N(C2CCN(C)CC2C)C1=O. The van der Waals surface area contributed by atoms with Gasteiger partial charge in [-0.2, -0.15) is 0 Å². The molecule has 0 spiro atoms. The summed E-state index contributed by atoms with van der Waals surface area (Å²) in [5.41, 5.74) is 0. The van der Waals surface area contributed by atoms with E-state index in [9.17, 15) is 4.79 Å². The number of nitrogens with zero attached hydrogens (tertiary/aromatic N) is 2. The smallest absolute Gasteiger partial charge is 0.240 e. The van der Waals surface area contributed by atoms with Crippen LogP contribution < -0.4 is 5.32 Å². The van der Waals surface area contributed by atoms with Gasteiger partial charge in [0.15, 0.2) is 0 Å². The lowest BCUT2D eigenvalue weighted by Crippen LogP contribution is -2.52. The molecule has 2 heterocycles. The standard InChI is InChI=1S/C12H23N3O/c1-8-7-14(4)6-5-11(8)15-10(3)13-9(2)12(15)16/h8-11,13H,5-7H2,1-4H3. The van der Waals surface area contributed by atoms with Crippen molar-refractivity contribution in [3.63, 3.8) is 0 Å². The van der Waals surface area contributed by atoms with Crippen LogP contribution in [0.1, 0.15) is 27.2 Å². The predicted molar refractivity (Wildman–Crippen MR) is 64.0 cm³/mol. The Morgan fingerprint density at radius 2 is 2.00 bits per heavy atom. The molecular formula is C12H23N3O. The predicted octanol–water partition coefficient (Wildman–Crippen LogP) is 0.493. The van der Waals surface area contributed by atoms with Crippen molar-refractivity contribution >= 4 is 5.91 Å². The van der Waals surface area contributed by atoms with Crippen molar-refractivity contribution in [2.75, 3.05) is 20.1 Å². The number of amides is 1. The Morgan fingerprint density at radius 3 is 2.50 bits per heavy atom. The van der Waals surface area contributed by atoms with Crippen molar-refractivity contribution in [3.8, 4) is 0 Å². The van der Waals surface area contributed by atoms with Gasteiger partial charge in [-0.1, -0.05) is 6.92 Å². The maximum Gasteiger partial charge on any atom is 0.240 e. The maximum absolute atomic E-state index is 12.1. The second-order valence-electron chi connectivity index (χ2n) is 5.41. The van der Waals surface area contributed by atoms with Gasteiger partial charge in [0, 0.05) is 12.6 Å².